The predicted molar refractivity (Wildman–Crippen MR) is 113 cm³/mol. The SMILES string of the molecule is CC(=O)N1CCN(S(=O)(=O)c2ccc(C(=O)NCc3cc(F)cc(Br)c3)cc2)CC1. The van der Waals surface area contributed by atoms with Crippen molar-refractivity contribution in [3.05, 3.63) is 63.9 Å². The fourth-order valence-electron chi connectivity index (χ4n) is 3.17. The number of halogens is 2. The molecule has 1 heterocycles. The highest BCUT2D eigenvalue weighted by atomic mass is 79.9. The standard InChI is InChI=1S/C20H21BrFN3O4S/c1-14(26)24-6-8-25(9-7-24)30(28,29)19-4-2-16(3-5-19)20(27)23-13-15-10-17(21)12-18(22)11-15/h2-5,10-12H,6-9,13H2,1H3,(H,23,27). The molecule has 0 spiro atoms. The molecule has 0 saturated carbocycles. The lowest BCUT2D eigenvalue weighted by Crippen LogP contribution is -2.49. The first kappa shape index (κ1) is 22.4. The van der Waals surface area contributed by atoms with Crippen molar-refractivity contribution < 1.29 is 22.4 Å². The highest BCUT2D eigenvalue weighted by Gasteiger charge is 2.29. The van der Waals surface area contributed by atoms with Gasteiger partial charge in [-0.05, 0) is 48.0 Å². The summed E-state index contributed by atoms with van der Waals surface area (Å²) in [7, 11) is -3.70. The normalized spacial score (nSPS) is 15.1. The number of amides is 2. The van der Waals surface area contributed by atoms with Crippen molar-refractivity contribution in [3.8, 4) is 0 Å². The Balaban J connectivity index is 1.63. The van der Waals surface area contributed by atoms with Crippen molar-refractivity contribution in [1.82, 2.24) is 14.5 Å². The monoisotopic (exact) mass is 497 g/mol. The van der Waals surface area contributed by atoms with Crippen LogP contribution in [0.3, 0.4) is 0 Å². The molecule has 0 aliphatic carbocycles. The molecule has 2 amide bonds. The molecule has 0 bridgehead atoms. The van der Waals surface area contributed by atoms with E-state index in [1.807, 2.05) is 0 Å². The summed E-state index contributed by atoms with van der Waals surface area (Å²) in [6.07, 6.45) is 0. The Morgan fingerprint density at radius 3 is 2.27 bits per heavy atom. The largest absolute Gasteiger partial charge is 0.348 e. The fourth-order valence-corrected chi connectivity index (χ4v) is 5.10. The fraction of sp³-hybridized carbons (Fsp3) is 0.300. The summed E-state index contributed by atoms with van der Waals surface area (Å²) in [5.41, 5.74) is 0.893. The Labute approximate surface area is 183 Å². The third kappa shape index (κ3) is 5.24. The van der Waals surface area contributed by atoms with Gasteiger partial charge in [0, 0.05) is 49.7 Å². The number of benzene rings is 2. The van der Waals surface area contributed by atoms with Gasteiger partial charge >= 0.3 is 0 Å². The molecular formula is C20H21BrFN3O4S. The Morgan fingerprint density at radius 1 is 1.07 bits per heavy atom. The molecule has 30 heavy (non-hydrogen) atoms. The van der Waals surface area contributed by atoms with E-state index in [2.05, 4.69) is 21.2 Å². The molecule has 1 fully saturated rings. The van der Waals surface area contributed by atoms with Gasteiger partial charge < -0.3 is 10.2 Å². The van der Waals surface area contributed by atoms with E-state index in [0.717, 1.165) is 0 Å². The molecule has 3 rings (SSSR count). The van der Waals surface area contributed by atoms with Gasteiger partial charge in [0.1, 0.15) is 5.82 Å². The Morgan fingerprint density at radius 2 is 1.70 bits per heavy atom. The maximum Gasteiger partial charge on any atom is 0.251 e. The number of nitrogens with zero attached hydrogens (tertiary/aromatic N) is 2. The van der Waals surface area contributed by atoms with Gasteiger partial charge in [0.25, 0.3) is 5.91 Å². The minimum Gasteiger partial charge on any atom is -0.348 e. The molecule has 1 aliphatic heterocycles. The van der Waals surface area contributed by atoms with E-state index < -0.39 is 21.7 Å². The number of carbonyl (C=O) groups is 2. The van der Waals surface area contributed by atoms with Crippen LogP contribution in [0.25, 0.3) is 0 Å². The number of hydrogen-bond donors (Lipinski definition) is 1. The maximum atomic E-state index is 13.4. The third-order valence-corrected chi connectivity index (χ3v) is 7.18. The van der Waals surface area contributed by atoms with Gasteiger partial charge in [0.15, 0.2) is 0 Å². The summed E-state index contributed by atoms with van der Waals surface area (Å²) in [6.45, 7) is 2.76. The van der Waals surface area contributed by atoms with E-state index in [1.165, 1.54) is 47.6 Å². The highest BCUT2D eigenvalue weighted by Crippen LogP contribution is 2.19. The van der Waals surface area contributed by atoms with E-state index in [-0.39, 0.29) is 30.4 Å². The molecule has 10 heteroatoms. The zero-order valence-electron chi connectivity index (χ0n) is 16.3. The average Bonchev–Trinajstić information content (AvgIpc) is 2.71. The zero-order valence-corrected chi connectivity index (χ0v) is 18.7. The molecule has 7 nitrogen and oxygen atoms in total. The zero-order chi connectivity index (χ0) is 21.9. The summed E-state index contributed by atoms with van der Waals surface area (Å²) >= 11 is 3.20. The number of rotatable bonds is 5. The van der Waals surface area contributed by atoms with Crippen LogP contribution in [0.2, 0.25) is 0 Å². The van der Waals surface area contributed by atoms with Crippen LogP contribution in [0.1, 0.15) is 22.8 Å². The lowest BCUT2D eigenvalue weighted by atomic mass is 10.2. The van der Waals surface area contributed by atoms with Crippen LogP contribution in [0.5, 0.6) is 0 Å². The quantitative estimate of drug-likeness (QED) is 0.686. The van der Waals surface area contributed by atoms with Crippen molar-refractivity contribution >= 4 is 37.8 Å². The molecule has 160 valence electrons. The first-order valence-corrected chi connectivity index (χ1v) is 11.5. The van der Waals surface area contributed by atoms with Crippen molar-refractivity contribution in [2.75, 3.05) is 26.2 Å². The van der Waals surface area contributed by atoms with Gasteiger partial charge in [0.05, 0.1) is 4.90 Å². The second-order valence-corrected chi connectivity index (χ2v) is 9.75. The predicted octanol–water partition coefficient (Wildman–Crippen LogP) is 2.37. The molecular weight excluding hydrogens is 477 g/mol. The molecule has 1 N–H and O–H groups in total. The number of piperazine rings is 1. The molecule has 0 aromatic heterocycles. The average molecular weight is 498 g/mol. The topological polar surface area (TPSA) is 86.8 Å². The van der Waals surface area contributed by atoms with Crippen LogP contribution in [0, 0.1) is 5.82 Å². The number of nitrogens with one attached hydrogen (secondary N) is 1. The first-order chi connectivity index (χ1) is 14.2. The van der Waals surface area contributed by atoms with Crippen LogP contribution in [-0.2, 0) is 21.4 Å². The molecule has 0 unspecified atom stereocenters. The Bertz CT molecular complexity index is 1030. The second kappa shape index (κ2) is 9.23. The Kier molecular flexibility index (Phi) is 6.89. The lowest BCUT2D eigenvalue weighted by molar-refractivity contribution is -0.129. The first-order valence-electron chi connectivity index (χ1n) is 9.26. The van der Waals surface area contributed by atoms with E-state index >= 15 is 0 Å². The summed E-state index contributed by atoms with van der Waals surface area (Å²) in [6, 6.07) is 10.0. The molecule has 1 aliphatic rings. The molecule has 2 aromatic rings. The molecule has 2 aromatic carbocycles. The van der Waals surface area contributed by atoms with Crippen molar-refractivity contribution in [2.45, 2.75) is 18.4 Å². The van der Waals surface area contributed by atoms with Crippen LogP contribution in [0.4, 0.5) is 4.39 Å². The van der Waals surface area contributed by atoms with E-state index in [0.29, 0.717) is 28.7 Å². The number of hydrogen-bond acceptors (Lipinski definition) is 4. The summed E-state index contributed by atoms with van der Waals surface area (Å²) < 4.78 is 40.9. The van der Waals surface area contributed by atoms with Gasteiger partial charge in [-0.25, -0.2) is 12.8 Å². The van der Waals surface area contributed by atoms with Crippen molar-refractivity contribution in [3.63, 3.8) is 0 Å². The van der Waals surface area contributed by atoms with Crippen LogP contribution in [0.15, 0.2) is 51.8 Å². The van der Waals surface area contributed by atoms with Gasteiger partial charge in [0.2, 0.25) is 15.9 Å². The molecule has 0 radical (unpaired) electrons. The summed E-state index contributed by atoms with van der Waals surface area (Å²) in [4.78, 5) is 25.4. The summed E-state index contributed by atoms with van der Waals surface area (Å²) in [5, 5.41) is 2.68. The minimum atomic E-state index is -3.70. The van der Waals surface area contributed by atoms with Crippen LogP contribution < -0.4 is 5.32 Å². The van der Waals surface area contributed by atoms with Gasteiger partial charge in [-0.1, -0.05) is 15.9 Å². The van der Waals surface area contributed by atoms with E-state index in [9.17, 15) is 22.4 Å². The lowest BCUT2D eigenvalue weighted by Gasteiger charge is -2.33. The van der Waals surface area contributed by atoms with Crippen molar-refractivity contribution in [2.24, 2.45) is 0 Å². The molecule has 1 saturated heterocycles. The van der Waals surface area contributed by atoms with Crippen LogP contribution in [-0.4, -0.2) is 55.6 Å². The maximum absolute atomic E-state index is 13.4. The smallest absolute Gasteiger partial charge is 0.251 e. The number of carbonyl (C=O) groups excluding carboxylic acids is 2. The summed E-state index contributed by atoms with van der Waals surface area (Å²) in [5.74, 6) is -0.880. The van der Waals surface area contributed by atoms with E-state index in [1.54, 1.807) is 11.0 Å². The number of sulfonamides is 1. The minimum absolute atomic E-state index is 0.0759. The van der Waals surface area contributed by atoms with E-state index in [4.69, 9.17) is 0 Å². The third-order valence-electron chi connectivity index (χ3n) is 4.81. The Hall–Kier alpha value is -2.30. The molecule has 0 atom stereocenters. The second-order valence-electron chi connectivity index (χ2n) is 6.89. The van der Waals surface area contributed by atoms with Gasteiger partial charge in [-0.15, -0.1) is 0 Å². The van der Waals surface area contributed by atoms with Crippen molar-refractivity contribution in [1.29, 1.82) is 0 Å². The van der Waals surface area contributed by atoms with Gasteiger partial charge in [-0.2, -0.15) is 4.31 Å². The van der Waals surface area contributed by atoms with Crippen LogP contribution >= 0.6 is 15.9 Å². The van der Waals surface area contributed by atoms with Gasteiger partial charge in [-0.3, -0.25) is 9.59 Å². The highest BCUT2D eigenvalue weighted by molar-refractivity contribution is 9.10.